The number of nitrogen functional groups attached to an aromatic ring is 1. The van der Waals surface area contributed by atoms with Gasteiger partial charge < -0.3 is 16.0 Å². The Balaban J connectivity index is 1.32. The lowest BCUT2D eigenvalue weighted by Crippen LogP contribution is -2.30. The number of benzene rings is 3. The summed E-state index contributed by atoms with van der Waals surface area (Å²) in [6.45, 7) is 0.518. The molecule has 5 rings (SSSR count). The van der Waals surface area contributed by atoms with Crippen LogP contribution in [0.15, 0.2) is 84.9 Å². The predicted octanol–water partition coefficient (Wildman–Crippen LogP) is 5.73. The molecule has 0 bridgehead atoms. The highest BCUT2D eigenvalue weighted by Crippen LogP contribution is 2.33. The number of pyridine rings is 1. The van der Waals surface area contributed by atoms with E-state index < -0.39 is 11.7 Å². The third-order valence-electron chi connectivity index (χ3n) is 6.39. The SMILES string of the molecule is Nc1cccc(CC(=O)N2CCc3cc(NC(=O)c4ccccc4-c4ccc(C(F)(F)F)cc4)ccc32)n1. The number of halogens is 3. The number of anilines is 3. The molecule has 38 heavy (non-hydrogen) atoms. The van der Waals surface area contributed by atoms with E-state index in [2.05, 4.69) is 10.3 Å². The second-order valence-electron chi connectivity index (χ2n) is 8.94. The van der Waals surface area contributed by atoms with Gasteiger partial charge in [0.05, 0.1) is 17.7 Å². The molecule has 0 radical (unpaired) electrons. The van der Waals surface area contributed by atoms with E-state index >= 15 is 0 Å². The molecule has 9 heteroatoms. The number of alkyl halides is 3. The van der Waals surface area contributed by atoms with Crippen molar-refractivity contribution in [2.24, 2.45) is 0 Å². The van der Waals surface area contributed by atoms with E-state index in [4.69, 9.17) is 5.73 Å². The molecule has 6 nitrogen and oxygen atoms in total. The highest BCUT2D eigenvalue weighted by Gasteiger charge is 2.30. The zero-order chi connectivity index (χ0) is 26.9. The van der Waals surface area contributed by atoms with Crippen molar-refractivity contribution in [1.29, 1.82) is 0 Å². The fourth-order valence-electron chi connectivity index (χ4n) is 4.56. The normalized spacial score (nSPS) is 12.8. The van der Waals surface area contributed by atoms with Crippen LogP contribution in [0.25, 0.3) is 11.1 Å². The Kier molecular flexibility index (Phi) is 6.59. The van der Waals surface area contributed by atoms with Crippen LogP contribution >= 0.6 is 0 Å². The van der Waals surface area contributed by atoms with Crippen LogP contribution in [0.2, 0.25) is 0 Å². The van der Waals surface area contributed by atoms with Gasteiger partial charge >= 0.3 is 6.18 Å². The number of nitrogens with zero attached hydrogens (tertiary/aromatic N) is 2. The number of amides is 2. The van der Waals surface area contributed by atoms with Crippen LogP contribution in [0.1, 0.15) is 27.2 Å². The predicted molar refractivity (Wildman–Crippen MR) is 140 cm³/mol. The summed E-state index contributed by atoms with van der Waals surface area (Å²) in [6, 6.07) is 22.0. The first-order valence-electron chi connectivity index (χ1n) is 11.9. The molecule has 3 N–H and O–H groups in total. The molecule has 2 heterocycles. The largest absolute Gasteiger partial charge is 0.416 e. The summed E-state index contributed by atoms with van der Waals surface area (Å²) in [5.41, 5.74) is 9.18. The van der Waals surface area contributed by atoms with Gasteiger partial charge in [0.2, 0.25) is 5.91 Å². The second kappa shape index (κ2) is 10.0. The van der Waals surface area contributed by atoms with Crippen LogP contribution < -0.4 is 16.0 Å². The van der Waals surface area contributed by atoms with E-state index in [9.17, 15) is 22.8 Å². The summed E-state index contributed by atoms with van der Waals surface area (Å²) in [4.78, 5) is 32.0. The fraction of sp³-hybridized carbons (Fsp3) is 0.138. The molecule has 0 saturated carbocycles. The standard InChI is InChI=1S/C29H23F3N4O2/c30-29(31,32)20-10-8-18(9-11-20)23-5-1-2-6-24(23)28(38)35-22-12-13-25-19(16-22)14-15-36(25)27(37)17-21-4-3-7-26(33)34-21/h1-13,16H,14-15,17H2,(H2,33,34)(H,35,38). The van der Waals surface area contributed by atoms with Gasteiger partial charge in [-0.1, -0.05) is 36.4 Å². The van der Waals surface area contributed by atoms with Crippen molar-refractivity contribution < 1.29 is 22.8 Å². The van der Waals surface area contributed by atoms with Gasteiger partial charge in [-0.25, -0.2) is 4.98 Å². The van der Waals surface area contributed by atoms with Crippen LogP contribution in [0, 0.1) is 0 Å². The molecule has 192 valence electrons. The molecule has 0 aliphatic carbocycles. The van der Waals surface area contributed by atoms with Gasteiger partial charge in [-0.05, 0) is 71.6 Å². The summed E-state index contributed by atoms with van der Waals surface area (Å²) in [7, 11) is 0. The number of nitrogens with two attached hydrogens (primary N) is 1. The first-order valence-corrected chi connectivity index (χ1v) is 11.9. The van der Waals surface area contributed by atoms with Crippen LogP contribution in [0.5, 0.6) is 0 Å². The number of aromatic nitrogens is 1. The maximum Gasteiger partial charge on any atom is 0.416 e. The number of hydrogen-bond acceptors (Lipinski definition) is 4. The Bertz CT molecular complexity index is 1520. The van der Waals surface area contributed by atoms with Gasteiger partial charge in [-0.2, -0.15) is 13.2 Å². The van der Waals surface area contributed by atoms with E-state index in [-0.39, 0.29) is 18.2 Å². The molecule has 0 saturated heterocycles. The zero-order valence-corrected chi connectivity index (χ0v) is 20.1. The van der Waals surface area contributed by atoms with Crippen LogP contribution in [0.4, 0.5) is 30.4 Å². The number of carbonyl (C=O) groups excluding carboxylic acids is 2. The molecule has 0 spiro atoms. The molecule has 0 fully saturated rings. The minimum absolute atomic E-state index is 0.0934. The molecular weight excluding hydrogens is 493 g/mol. The fourth-order valence-corrected chi connectivity index (χ4v) is 4.56. The Labute approximate surface area is 216 Å². The first-order chi connectivity index (χ1) is 18.2. The molecule has 1 aromatic heterocycles. The number of hydrogen-bond donors (Lipinski definition) is 2. The molecule has 0 unspecified atom stereocenters. The summed E-state index contributed by atoms with van der Waals surface area (Å²) in [5.74, 6) is -0.124. The maximum atomic E-state index is 13.2. The molecule has 2 amide bonds. The van der Waals surface area contributed by atoms with Gasteiger partial charge in [-0.3, -0.25) is 9.59 Å². The number of rotatable bonds is 5. The van der Waals surface area contributed by atoms with Crippen molar-refractivity contribution in [1.82, 2.24) is 4.98 Å². The Morgan fingerprint density at radius 2 is 1.71 bits per heavy atom. The molecular formula is C29H23F3N4O2. The van der Waals surface area contributed by atoms with E-state index in [1.165, 1.54) is 12.1 Å². The third kappa shape index (κ3) is 5.22. The topological polar surface area (TPSA) is 88.3 Å². The molecule has 1 aliphatic heterocycles. The summed E-state index contributed by atoms with van der Waals surface area (Å²) >= 11 is 0. The van der Waals surface area contributed by atoms with Gasteiger partial charge in [0.15, 0.2) is 0 Å². The van der Waals surface area contributed by atoms with Gasteiger partial charge in [0.1, 0.15) is 5.82 Å². The van der Waals surface area contributed by atoms with Crippen molar-refractivity contribution in [3.8, 4) is 11.1 Å². The Morgan fingerprint density at radius 3 is 2.45 bits per heavy atom. The van der Waals surface area contributed by atoms with Gasteiger partial charge in [0.25, 0.3) is 5.91 Å². The minimum atomic E-state index is -4.43. The summed E-state index contributed by atoms with van der Waals surface area (Å²) < 4.78 is 38.9. The Hall–Kier alpha value is -4.66. The highest BCUT2D eigenvalue weighted by molar-refractivity contribution is 6.09. The zero-order valence-electron chi connectivity index (χ0n) is 20.1. The third-order valence-corrected chi connectivity index (χ3v) is 6.39. The Morgan fingerprint density at radius 1 is 0.947 bits per heavy atom. The molecule has 1 aliphatic rings. The smallest absolute Gasteiger partial charge is 0.384 e. The van der Waals surface area contributed by atoms with Crippen LogP contribution in [-0.2, 0) is 23.8 Å². The lowest BCUT2D eigenvalue weighted by atomic mass is 9.98. The second-order valence-corrected chi connectivity index (χ2v) is 8.94. The molecule has 0 atom stereocenters. The van der Waals surface area contributed by atoms with E-state index in [0.717, 1.165) is 23.4 Å². The number of carbonyl (C=O) groups is 2. The number of nitrogens with one attached hydrogen (secondary N) is 1. The maximum absolute atomic E-state index is 13.2. The number of fused-ring (bicyclic) bond motifs is 1. The minimum Gasteiger partial charge on any atom is -0.384 e. The first kappa shape index (κ1) is 25.0. The summed E-state index contributed by atoms with van der Waals surface area (Å²) in [5, 5.41) is 2.88. The lowest BCUT2D eigenvalue weighted by Gasteiger charge is -2.18. The van der Waals surface area contributed by atoms with Crippen LogP contribution in [-0.4, -0.2) is 23.3 Å². The van der Waals surface area contributed by atoms with Crippen LogP contribution in [0.3, 0.4) is 0 Å². The quantitative estimate of drug-likeness (QED) is 0.355. The molecule has 3 aromatic carbocycles. The molecule has 4 aromatic rings. The lowest BCUT2D eigenvalue weighted by molar-refractivity contribution is -0.137. The average molecular weight is 517 g/mol. The van der Waals surface area contributed by atoms with E-state index in [1.807, 2.05) is 6.07 Å². The van der Waals surface area contributed by atoms with E-state index in [0.29, 0.717) is 46.9 Å². The van der Waals surface area contributed by atoms with Crippen molar-refractivity contribution in [2.75, 3.05) is 22.5 Å². The van der Waals surface area contributed by atoms with Crippen molar-refractivity contribution in [3.63, 3.8) is 0 Å². The van der Waals surface area contributed by atoms with Crippen molar-refractivity contribution in [3.05, 3.63) is 107 Å². The van der Waals surface area contributed by atoms with Gasteiger partial charge in [0, 0.05) is 23.5 Å². The monoisotopic (exact) mass is 516 g/mol. The van der Waals surface area contributed by atoms with E-state index in [1.54, 1.807) is 59.5 Å². The summed E-state index contributed by atoms with van der Waals surface area (Å²) in [6.07, 6.45) is -3.67. The van der Waals surface area contributed by atoms with Crippen molar-refractivity contribution >= 4 is 29.0 Å². The van der Waals surface area contributed by atoms with Gasteiger partial charge in [-0.15, -0.1) is 0 Å². The average Bonchev–Trinajstić information content (AvgIpc) is 3.32. The highest BCUT2D eigenvalue weighted by atomic mass is 19.4. The van der Waals surface area contributed by atoms with Crippen molar-refractivity contribution in [2.45, 2.75) is 19.0 Å².